The van der Waals surface area contributed by atoms with Gasteiger partial charge in [0.25, 0.3) is 0 Å². The summed E-state index contributed by atoms with van der Waals surface area (Å²) >= 11 is 0. The third-order valence-electron chi connectivity index (χ3n) is 3.29. The number of ether oxygens (including phenoxy) is 2. The highest BCUT2D eigenvalue weighted by molar-refractivity contribution is 7.89. The summed E-state index contributed by atoms with van der Waals surface area (Å²) in [4.78, 5) is 9.58. The molecular formula is C12H15N3O7S. The molecule has 1 heterocycles. The molecular weight excluding hydrogens is 330 g/mol. The van der Waals surface area contributed by atoms with Gasteiger partial charge in [-0.15, -0.1) is 0 Å². The standard InChI is InChI=1S/C12H15N3O7S/c1-9-3-5-11(6-4-9)23(19,20)13-14(16)12(15(17)18)7-21-10(2)22-8-12/h3-6,10H,7-8H2,1-2H3. The monoisotopic (exact) mass is 345 g/mol. The molecule has 0 unspecified atom stereocenters. The van der Waals surface area contributed by atoms with Crippen LogP contribution in [0.3, 0.4) is 0 Å². The third-order valence-corrected chi connectivity index (χ3v) is 4.53. The van der Waals surface area contributed by atoms with E-state index in [0.29, 0.717) is 0 Å². The number of benzene rings is 1. The molecule has 0 radical (unpaired) electrons. The number of hydrogen-bond donors (Lipinski definition) is 0. The van der Waals surface area contributed by atoms with Crippen molar-refractivity contribution in [2.45, 2.75) is 30.7 Å². The highest BCUT2D eigenvalue weighted by atomic mass is 32.2. The van der Waals surface area contributed by atoms with Crippen molar-refractivity contribution in [2.75, 3.05) is 13.2 Å². The minimum atomic E-state index is -4.39. The molecule has 0 N–H and O–H groups in total. The van der Waals surface area contributed by atoms with E-state index in [-0.39, 0.29) is 4.90 Å². The van der Waals surface area contributed by atoms with Crippen molar-refractivity contribution in [3.8, 4) is 0 Å². The predicted octanol–water partition coefficient (Wildman–Crippen LogP) is 1.01. The van der Waals surface area contributed by atoms with E-state index in [1.807, 2.05) is 0 Å². The van der Waals surface area contributed by atoms with Crippen molar-refractivity contribution in [2.24, 2.45) is 4.52 Å². The van der Waals surface area contributed by atoms with E-state index < -0.39 is 45.0 Å². The Balaban J connectivity index is 2.39. The van der Waals surface area contributed by atoms with Gasteiger partial charge in [0.05, 0.1) is 4.90 Å². The molecule has 23 heavy (non-hydrogen) atoms. The topological polar surface area (TPSA) is 134 Å². The summed E-state index contributed by atoms with van der Waals surface area (Å²) in [5, 5.41) is 23.3. The maximum absolute atomic E-state index is 12.1. The lowest BCUT2D eigenvalue weighted by Gasteiger charge is -2.27. The fraction of sp³-hybridized carbons (Fsp3) is 0.500. The van der Waals surface area contributed by atoms with Gasteiger partial charge in [-0.25, -0.2) is 0 Å². The number of hydroxylamine groups is 1. The fourth-order valence-electron chi connectivity index (χ4n) is 1.81. The van der Waals surface area contributed by atoms with Crippen LogP contribution in [-0.4, -0.2) is 43.4 Å². The molecule has 1 fully saturated rings. The van der Waals surface area contributed by atoms with Gasteiger partial charge >= 0.3 is 15.7 Å². The molecule has 1 aliphatic heterocycles. The van der Waals surface area contributed by atoms with E-state index in [1.54, 1.807) is 6.92 Å². The number of nitrogens with zero attached hydrogens (tertiary/aromatic N) is 3. The van der Waals surface area contributed by atoms with Crippen LogP contribution in [-0.2, 0) is 19.5 Å². The second-order valence-corrected chi connectivity index (χ2v) is 6.66. The molecule has 0 aromatic heterocycles. The van der Waals surface area contributed by atoms with E-state index in [4.69, 9.17) is 9.47 Å². The summed E-state index contributed by atoms with van der Waals surface area (Å²) in [6.45, 7) is 1.97. The van der Waals surface area contributed by atoms with Gasteiger partial charge in [0, 0.05) is 4.86 Å². The van der Waals surface area contributed by atoms with Crippen molar-refractivity contribution < 1.29 is 27.7 Å². The molecule has 1 aromatic carbocycles. The van der Waals surface area contributed by atoms with Crippen LogP contribution in [0.25, 0.3) is 0 Å². The highest BCUT2D eigenvalue weighted by Gasteiger charge is 2.58. The van der Waals surface area contributed by atoms with Crippen molar-refractivity contribution in [1.82, 2.24) is 0 Å². The summed E-state index contributed by atoms with van der Waals surface area (Å²) in [7, 11) is -4.39. The summed E-state index contributed by atoms with van der Waals surface area (Å²) < 4.78 is 37.1. The van der Waals surface area contributed by atoms with Crippen molar-refractivity contribution in [1.29, 1.82) is 0 Å². The number of nitro groups is 1. The van der Waals surface area contributed by atoms with Crippen LogP contribution in [0.4, 0.5) is 0 Å². The lowest BCUT2D eigenvalue weighted by Crippen LogP contribution is -2.58. The first-order chi connectivity index (χ1) is 10.7. The molecule has 11 heteroatoms. The Hall–Kier alpha value is -2.11. The van der Waals surface area contributed by atoms with Gasteiger partial charge in [0.2, 0.25) is 0 Å². The second-order valence-electron chi connectivity index (χ2n) is 5.07. The Bertz CT molecular complexity index is 722. The number of sulfonamides is 1. The highest BCUT2D eigenvalue weighted by Crippen LogP contribution is 2.22. The zero-order valence-electron chi connectivity index (χ0n) is 12.4. The van der Waals surface area contributed by atoms with Crippen molar-refractivity contribution in [3.63, 3.8) is 0 Å². The quantitative estimate of drug-likeness (QED) is 0.261. The summed E-state index contributed by atoms with van der Waals surface area (Å²) in [6, 6.07) is 5.57. The average Bonchev–Trinajstić information content (AvgIpc) is 2.47. The maximum atomic E-state index is 12.1. The normalized spacial score (nSPS) is 26.0. The first-order valence-corrected chi connectivity index (χ1v) is 8.01. The first kappa shape index (κ1) is 17.2. The second kappa shape index (κ2) is 6.18. The van der Waals surface area contributed by atoms with Gasteiger partial charge < -0.3 is 14.7 Å². The van der Waals surface area contributed by atoms with Gasteiger partial charge in [-0.3, -0.25) is 10.1 Å². The van der Waals surface area contributed by atoms with E-state index in [2.05, 4.69) is 4.52 Å². The Morgan fingerprint density at radius 3 is 2.22 bits per heavy atom. The zero-order valence-corrected chi connectivity index (χ0v) is 13.2. The Morgan fingerprint density at radius 2 is 1.74 bits per heavy atom. The SMILES string of the molecule is Cc1ccc(S(=O)(=O)N=[N+]([O-])C2([N+](=O)[O-])COC(C)OC2)cc1. The predicted molar refractivity (Wildman–Crippen MR) is 75.5 cm³/mol. The Morgan fingerprint density at radius 1 is 1.22 bits per heavy atom. The summed E-state index contributed by atoms with van der Waals surface area (Å²) in [5.41, 5.74) is -1.63. The molecule has 2 rings (SSSR count). The van der Waals surface area contributed by atoms with Crippen molar-refractivity contribution >= 4 is 10.0 Å². The number of hydrogen-bond acceptors (Lipinski definition) is 7. The fourth-order valence-corrected chi connectivity index (χ4v) is 2.73. The molecule has 126 valence electrons. The Kier molecular flexibility index (Phi) is 4.63. The molecule has 1 aromatic rings. The van der Waals surface area contributed by atoms with Gasteiger partial charge in [0.15, 0.2) is 19.5 Å². The van der Waals surface area contributed by atoms with Crippen LogP contribution in [0.15, 0.2) is 33.7 Å². The molecule has 0 amide bonds. The van der Waals surface area contributed by atoms with Crippen LogP contribution in [0.5, 0.6) is 0 Å². The number of aryl methyl sites for hydroxylation is 1. The van der Waals surface area contributed by atoms with E-state index >= 15 is 0 Å². The third kappa shape index (κ3) is 3.46. The first-order valence-electron chi connectivity index (χ1n) is 6.57. The maximum Gasteiger partial charge on any atom is 0.484 e. The van der Waals surface area contributed by atoms with Crippen molar-refractivity contribution in [3.05, 3.63) is 45.2 Å². The van der Waals surface area contributed by atoms with E-state index in [1.165, 1.54) is 31.2 Å². The van der Waals surface area contributed by atoms with Crippen LogP contribution in [0.2, 0.25) is 0 Å². The lowest BCUT2D eigenvalue weighted by atomic mass is 10.2. The Labute approximate surface area is 132 Å². The van der Waals surface area contributed by atoms with Gasteiger partial charge in [-0.1, -0.05) is 17.7 Å². The van der Waals surface area contributed by atoms with Crippen LogP contribution < -0.4 is 0 Å². The van der Waals surface area contributed by atoms with Gasteiger partial charge in [-0.2, -0.15) is 8.42 Å². The molecule has 0 spiro atoms. The largest absolute Gasteiger partial charge is 0.593 e. The molecule has 1 saturated heterocycles. The minimum absolute atomic E-state index is 0.242. The minimum Gasteiger partial charge on any atom is -0.593 e. The van der Waals surface area contributed by atoms with Gasteiger partial charge in [0.1, 0.15) is 9.44 Å². The van der Waals surface area contributed by atoms with Crippen LogP contribution in [0.1, 0.15) is 12.5 Å². The molecule has 0 bridgehead atoms. The number of rotatable bonds is 4. The van der Waals surface area contributed by atoms with Crippen LogP contribution in [0, 0.1) is 22.2 Å². The lowest BCUT2D eigenvalue weighted by molar-refractivity contribution is -0.822. The van der Waals surface area contributed by atoms with E-state index in [0.717, 1.165) is 5.56 Å². The summed E-state index contributed by atoms with van der Waals surface area (Å²) in [6.07, 6.45) is -0.731. The molecule has 0 saturated carbocycles. The molecule has 1 aliphatic rings. The van der Waals surface area contributed by atoms with Gasteiger partial charge in [-0.05, 0) is 26.0 Å². The molecule has 0 aliphatic carbocycles. The van der Waals surface area contributed by atoms with E-state index in [9.17, 15) is 23.7 Å². The zero-order chi connectivity index (χ0) is 17.3. The smallest absolute Gasteiger partial charge is 0.484 e. The molecule has 0 atom stereocenters. The summed E-state index contributed by atoms with van der Waals surface area (Å²) in [5.74, 6) is 0. The van der Waals surface area contributed by atoms with Crippen LogP contribution >= 0.6 is 0 Å². The molecule has 10 nitrogen and oxygen atoms in total. The average molecular weight is 345 g/mol.